The van der Waals surface area contributed by atoms with E-state index in [1.807, 2.05) is 43.3 Å². The number of hydrogen-bond acceptors (Lipinski definition) is 1. The van der Waals surface area contributed by atoms with Crippen LogP contribution in [0.1, 0.15) is 15.9 Å². The van der Waals surface area contributed by atoms with E-state index in [4.69, 9.17) is 0 Å². The van der Waals surface area contributed by atoms with Crippen LogP contribution in [-0.4, -0.2) is 6.29 Å². The maximum Gasteiger partial charge on any atom is 0.150 e. The highest BCUT2D eigenvalue weighted by atomic mass is 79.9. The van der Waals surface area contributed by atoms with Gasteiger partial charge in [0.1, 0.15) is 6.29 Å². The molecule has 0 N–H and O–H groups in total. The minimum absolute atomic E-state index is 0.709. The van der Waals surface area contributed by atoms with Crippen LogP contribution in [0.25, 0.3) is 11.1 Å². The Morgan fingerprint density at radius 2 is 1.94 bits per heavy atom. The number of aryl methyl sites for hydroxylation is 1. The second-order valence-electron chi connectivity index (χ2n) is 3.70. The highest BCUT2D eigenvalue weighted by Gasteiger charge is 2.03. The summed E-state index contributed by atoms with van der Waals surface area (Å²) in [6, 6.07) is 13.8. The summed E-state index contributed by atoms with van der Waals surface area (Å²) < 4.78 is 1.04. The van der Waals surface area contributed by atoms with Crippen molar-refractivity contribution in [3.05, 3.63) is 58.1 Å². The van der Waals surface area contributed by atoms with Crippen LogP contribution in [0.4, 0.5) is 0 Å². The topological polar surface area (TPSA) is 17.1 Å². The largest absolute Gasteiger partial charge is 0.298 e. The highest BCUT2D eigenvalue weighted by Crippen LogP contribution is 2.26. The van der Waals surface area contributed by atoms with Crippen LogP contribution in [0, 0.1) is 6.92 Å². The van der Waals surface area contributed by atoms with Gasteiger partial charge < -0.3 is 0 Å². The van der Waals surface area contributed by atoms with Gasteiger partial charge in [0, 0.05) is 10.0 Å². The zero-order chi connectivity index (χ0) is 11.5. The van der Waals surface area contributed by atoms with Gasteiger partial charge in [0.05, 0.1) is 0 Å². The minimum atomic E-state index is 0.709. The number of hydrogen-bond donors (Lipinski definition) is 0. The van der Waals surface area contributed by atoms with Crippen LogP contribution in [0.2, 0.25) is 0 Å². The second kappa shape index (κ2) is 4.62. The number of halogens is 1. The summed E-state index contributed by atoms with van der Waals surface area (Å²) in [7, 11) is 0. The fourth-order valence-corrected chi connectivity index (χ4v) is 2.08. The molecule has 0 spiro atoms. The van der Waals surface area contributed by atoms with E-state index in [1.54, 1.807) is 0 Å². The van der Waals surface area contributed by atoms with E-state index >= 15 is 0 Å². The van der Waals surface area contributed by atoms with Gasteiger partial charge in [-0.25, -0.2) is 0 Å². The molecule has 16 heavy (non-hydrogen) atoms. The predicted octanol–water partition coefficient (Wildman–Crippen LogP) is 4.24. The van der Waals surface area contributed by atoms with Gasteiger partial charge in [-0.2, -0.15) is 0 Å². The normalized spacial score (nSPS) is 10.1. The van der Waals surface area contributed by atoms with Gasteiger partial charge in [0.15, 0.2) is 0 Å². The molecule has 0 aliphatic rings. The summed E-state index contributed by atoms with van der Waals surface area (Å²) in [6.45, 7) is 2.05. The molecule has 2 heteroatoms. The van der Waals surface area contributed by atoms with Crippen molar-refractivity contribution in [3.63, 3.8) is 0 Å². The van der Waals surface area contributed by atoms with Crippen LogP contribution in [-0.2, 0) is 0 Å². The summed E-state index contributed by atoms with van der Waals surface area (Å²) in [5.74, 6) is 0. The van der Waals surface area contributed by atoms with Crippen molar-refractivity contribution < 1.29 is 4.79 Å². The lowest BCUT2D eigenvalue weighted by Crippen LogP contribution is -1.87. The molecule has 0 aliphatic carbocycles. The van der Waals surface area contributed by atoms with Gasteiger partial charge in [0.2, 0.25) is 0 Å². The lowest BCUT2D eigenvalue weighted by molar-refractivity contribution is 0.112. The Balaban J connectivity index is 2.58. The van der Waals surface area contributed by atoms with Crippen molar-refractivity contribution in [2.24, 2.45) is 0 Å². The lowest BCUT2D eigenvalue weighted by Gasteiger charge is -2.07. The Morgan fingerprint density at radius 3 is 2.62 bits per heavy atom. The zero-order valence-corrected chi connectivity index (χ0v) is 10.5. The first-order valence-electron chi connectivity index (χ1n) is 5.02. The second-order valence-corrected chi connectivity index (χ2v) is 4.62. The first-order chi connectivity index (χ1) is 7.70. The van der Waals surface area contributed by atoms with E-state index < -0.39 is 0 Å². The van der Waals surface area contributed by atoms with E-state index in [0.717, 1.165) is 21.9 Å². The third kappa shape index (κ3) is 2.22. The van der Waals surface area contributed by atoms with Crippen LogP contribution in [0.5, 0.6) is 0 Å². The number of benzene rings is 2. The summed E-state index contributed by atoms with van der Waals surface area (Å²) >= 11 is 3.45. The zero-order valence-electron chi connectivity index (χ0n) is 8.91. The highest BCUT2D eigenvalue weighted by molar-refractivity contribution is 9.10. The van der Waals surface area contributed by atoms with Crippen molar-refractivity contribution in [1.29, 1.82) is 0 Å². The average molecular weight is 275 g/mol. The summed E-state index contributed by atoms with van der Waals surface area (Å²) in [5.41, 5.74) is 4.10. The van der Waals surface area contributed by atoms with Crippen molar-refractivity contribution in [1.82, 2.24) is 0 Å². The van der Waals surface area contributed by atoms with Gasteiger partial charge in [0.25, 0.3) is 0 Å². The van der Waals surface area contributed by atoms with E-state index in [1.165, 1.54) is 5.56 Å². The fourth-order valence-electron chi connectivity index (χ4n) is 1.68. The molecule has 0 saturated carbocycles. The van der Waals surface area contributed by atoms with Crippen molar-refractivity contribution in [2.45, 2.75) is 6.92 Å². The molecule has 0 unspecified atom stereocenters. The first kappa shape index (κ1) is 11.1. The molecule has 0 aliphatic heterocycles. The van der Waals surface area contributed by atoms with E-state index in [0.29, 0.717) is 5.56 Å². The third-order valence-electron chi connectivity index (χ3n) is 2.53. The Morgan fingerprint density at radius 1 is 1.12 bits per heavy atom. The lowest BCUT2D eigenvalue weighted by atomic mass is 9.98. The van der Waals surface area contributed by atoms with Gasteiger partial charge >= 0.3 is 0 Å². The van der Waals surface area contributed by atoms with Gasteiger partial charge in [-0.05, 0) is 41.8 Å². The standard InChI is InChI=1S/C14H11BrO/c1-10-5-6-11(9-16)7-14(10)12-3-2-4-13(15)8-12/h2-9H,1H3. The molecule has 2 rings (SSSR count). The van der Waals surface area contributed by atoms with Crippen molar-refractivity contribution in [3.8, 4) is 11.1 Å². The Bertz CT molecular complexity index is 532. The van der Waals surface area contributed by atoms with Crippen molar-refractivity contribution in [2.75, 3.05) is 0 Å². The molecule has 0 radical (unpaired) electrons. The average Bonchev–Trinajstić information content (AvgIpc) is 2.30. The fraction of sp³-hybridized carbons (Fsp3) is 0.0714. The number of rotatable bonds is 2. The number of aldehydes is 1. The van der Waals surface area contributed by atoms with Crippen LogP contribution in [0.3, 0.4) is 0 Å². The number of carbonyl (C=O) groups is 1. The maximum absolute atomic E-state index is 10.8. The monoisotopic (exact) mass is 274 g/mol. The SMILES string of the molecule is Cc1ccc(C=O)cc1-c1cccc(Br)c1. The molecule has 2 aromatic carbocycles. The quantitative estimate of drug-likeness (QED) is 0.749. The predicted molar refractivity (Wildman–Crippen MR) is 69.7 cm³/mol. The summed E-state index contributed by atoms with van der Waals surface area (Å²) in [4.78, 5) is 10.8. The van der Waals surface area contributed by atoms with Crippen LogP contribution < -0.4 is 0 Å². The molecule has 0 bridgehead atoms. The van der Waals surface area contributed by atoms with Crippen LogP contribution >= 0.6 is 15.9 Å². The molecule has 0 amide bonds. The minimum Gasteiger partial charge on any atom is -0.298 e. The molecule has 0 fully saturated rings. The molecular weight excluding hydrogens is 264 g/mol. The maximum atomic E-state index is 10.8. The molecule has 0 heterocycles. The molecule has 0 atom stereocenters. The van der Waals surface area contributed by atoms with Gasteiger partial charge in [-0.15, -0.1) is 0 Å². The number of carbonyl (C=O) groups excluding carboxylic acids is 1. The Hall–Kier alpha value is -1.41. The third-order valence-corrected chi connectivity index (χ3v) is 3.03. The van der Waals surface area contributed by atoms with Gasteiger partial charge in [-0.3, -0.25) is 4.79 Å². The van der Waals surface area contributed by atoms with Crippen molar-refractivity contribution >= 4 is 22.2 Å². The Kier molecular flexibility index (Phi) is 3.20. The molecule has 80 valence electrons. The molecular formula is C14H11BrO. The molecule has 0 aromatic heterocycles. The van der Waals surface area contributed by atoms with Crippen LogP contribution in [0.15, 0.2) is 46.9 Å². The van der Waals surface area contributed by atoms with Gasteiger partial charge in [-0.1, -0.05) is 40.2 Å². The Labute approximate surface area is 103 Å². The summed E-state index contributed by atoms with van der Waals surface area (Å²) in [6.07, 6.45) is 0.876. The summed E-state index contributed by atoms with van der Waals surface area (Å²) in [5, 5.41) is 0. The van der Waals surface area contributed by atoms with E-state index in [2.05, 4.69) is 22.0 Å². The van der Waals surface area contributed by atoms with E-state index in [-0.39, 0.29) is 0 Å². The van der Waals surface area contributed by atoms with E-state index in [9.17, 15) is 4.79 Å². The smallest absolute Gasteiger partial charge is 0.150 e. The first-order valence-corrected chi connectivity index (χ1v) is 5.82. The molecule has 0 saturated heterocycles. The molecule has 2 aromatic rings. The molecule has 1 nitrogen and oxygen atoms in total.